The van der Waals surface area contributed by atoms with E-state index in [1.165, 1.54) is 11.4 Å². The van der Waals surface area contributed by atoms with Crippen LogP contribution in [0.4, 0.5) is 11.4 Å². The van der Waals surface area contributed by atoms with Gasteiger partial charge in [-0.15, -0.1) is 0 Å². The number of methoxy groups -OCH3 is 1. The molecule has 1 amide bonds. The van der Waals surface area contributed by atoms with Crippen LogP contribution >= 0.6 is 11.6 Å². The fraction of sp³-hybridized carbons (Fsp3) is 0.316. The number of amides is 1. The minimum Gasteiger partial charge on any atom is -0.495 e. The summed E-state index contributed by atoms with van der Waals surface area (Å²) in [6, 6.07) is 12.1. The second-order valence-electron chi connectivity index (χ2n) is 6.12. The van der Waals surface area contributed by atoms with Gasteiger partial charge in [-0.1, -0.05) is 29.8 Å². The summed E-state index contributed by atoms with van der Waals surface area (Å²) in [5, 5.41) is 3.35. The minimum absolute atomic E-state index is 0.168. The van der Waals surface area contributed by atoms with Crippen LogP contribution in [0.1, 0.15) is 18.4 Å². The van der Waals surface area contributed by atoms with Crippen LogP contribution < -0.4 is 14.4 Å². The zero-order valence-electron chi connectivity index (χ0n) is 15.5. The summed E-state index contributed by atoms with van der Waals surface area (Å²) in [5.74, 6) is 0.260. The third-order valence-corrected chi connectivity index (χ3v) is 5.41. The van der Waals surface area contributed by atoms with Gasteiger partial charge in [-0.3, -0.25) is 9.10 Å². The number of carbonyl (C=O) groups excluding carboxylic acids is 1. The highest BCUT2D eigenvalue weighted by Gasteiger charge is 2.20. The average molecular weight is 411 g/mol. The molecule has 0 bridgehead atoms. The van der Waals surface area contributed by atoms with E-state index < -0.39 is 10.0 Å². The number of halogens is 1. The predicted octanol–water partition coefficient (Wildman–Crippen LogP) is 3.84. The van der Waals surface area contributed by atoms with Crippen LogP contribution in [0.3, 0.4) is 0 Å². The largest absolute Gasteiger partial charge is 0.495 e. The molecular weight excluding hydrogens is 388 g/mol. The summed E-state index contributed by atoms with van der Waals surface area (Å²) in [7, 11) is -2.03. The first kappa shape index (κ1) is 21.1. The van der Waals surface area contributed by atoms with Gasteiger partial charge in [-0.2, -0.15) is 0 Å². The molecular formula is C19H23ClN2O4S. The molecule has 27 heavy (non-hydrogen) atoms. The molecule has 0 aliphatic heterocycles. The molecule has 0 saturated heterocycles. The van der Waals surface area contributed by atoms with E-state index in [9.17, 15) is 13.2 Å². The van der Waals surface area contributed by atoms with Crippen molar-refractivity contribution in [2.75, 3.05) is 29.5 Å². The van der Waals surface area contributed by atoms with Crippen molar-refractivity contribution in [2.45, 2.75) is 19.8 Å². The molecule has 1 N–H and O–H groups in total. The van der Waals surface area contributed by atoms with Crippen molar-refractivity contribution in [1.82, 2.24) is 0 Å². The van der Waals surface area contributed by atoms with Crippen molar-refractivity contribution in [1.29, 1.82) is 0 Å². The number of nitrogens with zero attached hydrogens (tertiary/aromatic N) is 1. The molecule has 0 aliphatic rings. The van der Waals surface area contributed by atoms with Crippen molar-refractivity contribution in [2.24, 2.45) is 0 Å². The monoisotopic (exact) mass is 410 g/mol. The number of para-hydroxylation sites is 2. The summed E-state index contributed by atoms with van der Waals surface area (Å²) >= 11 is 5.96. The Kier molecular flexibility index (Phi) is 7.10. The van der Waals surface area contributed by atoms with E-state index >= 15 is 0 Å². The fourth-order valence-corrected chi connectivity index (χ4v) is 3.77. The molecule has 2 aromatic carbocycles. The summed E-state index contributed by atoms with van der Waals surface area (Å²) in [6.45, 7) is 2.04. The van der Waals surface area contributed by atoms with Gasteiger partial charge >= 0.3 is 0 Å². The third-order valence-electron chi connectivity index (χ3n) is 3.99. The van der Waals surface area contributed by atoms with Crippen molar-refractivity contribution in [3.8, 4) is 5.75 Å². The molecule has 2 aromatic rings. The smallest absolute Gasteiger partial charge is 0.232 e. The Labute approximate surface area is 165 Å². The van der Waals surface area contributed by atoms with E-state index in [0.29, 0.717) is 28.6 Å². The molecule has 0 spiro atoms. The molecule has 0 aromatic heterocycles. The maximum atomic E-state index is 12.2. The van der Waals surface area contributed by atoms with Gasteiger partial charge in [0.15, 0.2) is 0 Å². The summed E-state index contributed by atoms with van der Waals surface area (Å²) < 4.78 is 30.9. The highest BCUT2D eigenvalue weighted by Crippen LogP contribution is 2.29. The zero-order valence-corrected chi connectivity index (χ0v) is 17.1. The number of rotatable bonds is 8. The first-order valence-corrected chi connectivity index (χ1v) is 10.6. The number of hydrogen-bond acceptors (Lipinski definition) is 4. The normalized spacial score (nSPS) is 11.1. The Morgan fingerprint density at radius 2 is 1.93 bits per heavy atom. The Bertz CT molecular complexity index is 916. The van der Waals surface area contributed by atoms with Crippen LogP contribution in [0.2, 0.25) is 5.02 Å². The molecule has 2 rings (SSSR count). The van der Waals surface area contributed by atoms with Crippen LogP contribution in [0.5, 0.6) is 5.75 Å². The van der Waals surface area contributed by atoms with Crippen LogP contribution in [0.25, 0.3) is 0 Å². The molecule has 6 nitrogen and oxygen atoms in total. The van der Waals surface area contributed by atoms with Gasteiger partial charge in [-0.25, -0.2) is 8.42 Å². The average Bonchev–Trinajstić information content (AvgIpc) is 2.61. The summed E-state index contributed by atoms with van der Waals surface area (Å²) in [5.41, 5.74) is 2.00. The van der Waals surface area contributed by atoms with Gasteiger partial charge in [0, 0.05) is 23.7 Å². The van der Waals surface area contributed by atoms with E-state index in [2.05, 4.69) is 5.32 Å². The van der Waals surface area contributed by atoms with Crippen LogP contribution in [-0.4, -0.2) is 34.2 Å². The van der Waals surface area contributed by atoms with E-state index in [1.54, 1.807) is 36.4 Å². The van der Waals surface area contributed by atoms with Gasteiger partial charge in [0.1, 0.15) is 5.75 Å². The van der Waals surface area contributed by atoms with Crippen LogP contribution in [-0.2, 0) is 14.8 Å². The topological polar surface area (TPSA) is 75.7 Å². The number of sulfonamides is 1. The SMILES string of the molecule is COc1ccccc1N(CCCC(=O)Nc1cc(Cl)ccc1C)S(C)(=O)=O. The molecule has 146 valence electrons. The number of benzene rings is 2. The van der Waals surface area contributed by atoms with E-state index in [1.807, 2.05) is 13.0 Å². The number of carbonyl (C=O) groups is 1. The lowest BCUT2D eigenvalue weighted by Gasteiger charge is -2.24. The Balaban J connectivity index is 2.04. The molecule has 0 saturated carbocycles. The highest BCUT2D eigenvalue weighted by atomic mass is 35.5. The molecule has 0 atom stereocenters. The lowest BCUT2D eigenvalue weighted by atomic mass is 10.2. The van der Waals surface area contributed by atoms with Crippen LogP contribution in [0, 0.1) is 6.92 Å². The number of anilines is 2. The van der Waals surface area contributed by atoms with Gasteiger partial charge in [0.25, 0.3) is 0 Å². The Morgan fingerprint density at radius 3 is 2.59 bits per heavy atom. The van der Waals surface area contributed by atoms with Crippen molar-refractivity contribution in [3.05, 3.63) is 53.1 Å². The van der Waals surface area contributed by atoms with Crippen molar-refractivity contribution >= 4 is 38.9 Å². The predicted molar refractivity (Wildman–Crippen MR) is 109 cm³/mol. The molecule has 8 heteroatoms. The maximum Gasteiger partial charge on any atom is 0.232 e. The number of hydrogen-bond donors (Lipinski definition) is 1. The van der Waals surface area contributed by atoms with Gasteiger partial charge in [0.05, 0.1) is 19.1 Å². The second kappa shape index (κ2) is 9.10. The number of ether oxygens (including phenoxy) is 1. The van der Waals surface area contributed by atoms with Crippen molar-refractivity contribution in [3.63, 3.8) is 0 Å². The van der Waals surface area contributed by atoms with E-state index in [-0.39, 0.29) is 18.9 Å². The van der Waals surface area contributed by atoms with Gasteiger partial charge in [0.2, 0.25) is 15.9 Å². The second-order valence-corrected chi connectivity index (χ2v) is 8.46. The Hall–Kier alpha value is -2.25. The Morgan fingerprint density at radius 1 is 1.22 bits per heavy atom. The number of aryl methyl sites for hydroxylation is 1. The molecule has 0 heterocycles. The van der Waals surface area contributed by atoms with Gasteiger partial charge in [-0.05, 0) is 43.2 Å². The van der Waals surface area contributed by atoms with Gasteiger partial charge < -0.3 is 10.1 Å². The minimum atomic E-state index is -3.52. The first-order valence-electron chi connectivity index (χ1n) is 8.39. The fourth-order valence-electron chi connectivity index (χ4n) is 2.63. The molecule has 0 aliphatic carbocycles. The first-order chi connectivity index (χ1) is 12.7. The number of nitrogens with one attached hydrogen (secondary N) is 1. The quantitative estimate of drug-likeness (QED) is 0.717. The van der Waals surface area contributed by atoms with E-state index in [0.717, 1.165) is 11.8 Å². The standard InChI is InChI=1S/C19H23ClN2O4S/c1-14-10-11-15(20)13-16(14)21-19(23)9-6-12-22(27(3,24)25)17-7-4-5-8-18(17)26-2/h4-5,7-8,10-11,13H,6,9,12H2,1-3H3,(H,21,23). The lowest BCUT2D eigenvalue weighted by molar-refractivity contribution is -0.116. The lowest BCUT2D eigenvalue weighted by Crippen LogP contribution is -2.31. The zero-order chi connectivity index (χ0) is 20.0. The van der Waals surface area contributed by atoms with E-state index in [4.69, 9.17) is 16.3 Å². The van der Waals surface area contributed by atoms with Crippen LogP contribution in [0.15, 0.2) is 42.5 Å². The molecule has 0 fully saturated rings. The summed E-state index contributed by atoms with van der Waals surface area (Å²) in [4.78, 5) is 12.2. The molecule has 0 unspecified atom stereocenters. The highest BCUT2D eigenvalue weighted by molar-refractivity contribution is 7.92. The maximum absolute atomic E-state index is 12.2. The van der Waals surface area contributed by atoms with Crippen molar-refractivity contribution < 1.29 is 17.9 Å². The summed E-state index contributed by atoms with van der Waals surface area (Å²) in [6.07, 6.45) is 1.67. The molecule has 0 radical (unpaired) electrons. The third kappa shape index (κ3) is 5.87.